The van der Waals surface area contributed by atoms with Crippen LogP contribution in [0.1, 0.15) is 61.8 Å². The Morgan fingerprint density at radius 3 is 2.13 bits per heavy atom. The molecular weight excluding hydrogens is 572 g/mol. The maximum Gasteiger partial charge on any atom is 0.261 e. The zero-order chi connectivity index (χ0) is 27.7. The fourth-order valence-electron chi connectivity index (χ4n) is 5.00. The van der Waals surface area contributed by atoms with Gasteiger partial charge in [-0.2, -0.15) is 0 Å². The standard InChI is InChI=1S/C29H24BrF2N3O4/c30-25-22(9-10-23(31)26(25)32)27(37)34-14-11-18(12-15-34)17-5-7-19(8-6-17)33-24(36)13-16-35-28(38)20-3-1-2-4-21(20)29(35)39/h1-10,18H,11-16H2,(H,33,36). The minimum absolute atomic E-state index is 0.00527. The summed E-state index contributed by atoms with van der Waals surface area (Å²) in [5.74, 6) is -3.32. The van der Waals surface area contributed by atoms with Crippen LogP contribution in [0.2, 0.25) is 0 Å². The quantitative estimate of drug-likeness (QED) is 0.306. The predicted octanol–water partition coefficient (Wildman–Crippen LogP) is 5.37. The molecule has 0 unspecified atom stereocenters. The number of halogens is 3. The van der Waals surface area contributed by atoms with Gasteiger partial charge in [0.15, 0.2) is 11.6 Å². The van der Waals surface area contributed by atoms with Gasteiger partial charge in [0.2, 0.25) is 5.91 Å². The second-order valence-corrected chi connectivity index (χ2v) is 10.3. The molecule has 1 saturated heterocycles. The highest BCUT2D eigenvalue weighted by Crippen LogP contribution is 2.31. The van der Waals surface area contributed by atoms with Gasteiger partial charge in [0, 0.05) is 31.7 Å². The maximum atomic E-state index is 13.9. The Morgan fingerprint density at radius 2 is 1.51 bits per heavy atom. The van der Waals surface area contributed by atoms with E-state index in [9.17, 15) is 28.0 Å². The van der Waals surface area contributed by atoms with E-state index in [0.717, 1.165) is 16.5 Å². The van der Waals surface area contributed by atoms with E-state index in [0.29, 0.717) is 42.7 Å². The SMILES string of the molecule is O=C(CCN1C(=O)c2ccccc2C1=O)Nc1ccc(C2CCN(C(=O)c3ccc(F)c(F)c3Br)CC2)cc1. The van der Waals surface area contributed by atoms with E-state index in [4.69, 9.17) is 0 Å². The number of imide groups is 1. The molecule has 200 valence electrons. The van der Waals surface area contributed by atoms with Crippen LogP contribution < -0.4 is 5.32 Å². The molecule has 2 aliphatic rings. The zero-order valence-electron chi connectivity index (χ0n) is 20.8. The lowest BCUT2D eigenvalue weighted by molar-refractivity contribution is -0.116. The lowest BCUT2D eigenvalue weighted by Crippen LogP contribution is -2.38. The van der Waals surface area contributed by atoms with Crippen molar-refractivity contribution in [2.24, 2.45) is 0 Å². The summed E-state index contributed by atoms with van der Waals surface area (Å²) >= 11 is 2.98. The van der Waals surface area contributed by atoms with Gasteiger partial charge in [0.25, 0.3) is 17.7 Å². The third kappa shape index (κ3) is 5.34. The van der Waals surface area contributed by atoms with Crippen molar-refractivity contribution in [2.75, 3.05) is 25.0 Å². The number of carbonyl (C=O) groups excluding carboxylic acids is 4. The van der Waals surface area contributed by atoms with Crippen LogP contribution in [0, 0.1) is 11.6 Å². The molecule has 0 aliphatic carbocycles. The van der Waals surface area contributed by atoms with E-state index in [1.54, 1.807) is 41.3 Å². The van der Waals surface area contributed by atoms with Crippen LogP contribution in [0.4, 0.5) is 14.5 Å². The summed E-state index contributed by atoms with van der Waals surface area (Å²) < 4.78 is 27.1. The van der Waals surface area contributed by atoms with Gasteiger partial charge in [-0.1, -0.05) is 24.3 Å². The molecule has 1 N–H and O–H groups in total. The van der Waals surface area contributed by atoms with Crippen LogP contribution in [0.25, 0.3) is 0 Å². The molecule has 3 aromatic rings. The van der Waals surface area contributed by atoms with Crippen LogP contribution in [-0.2, 0) is 4.79 Å². The number of nitrogens with zero attached hydrogens (tertiary/aromatic N) is 2. The van der Waals surface area contributed by atoms with Crippen molar-refractivity contribution in [1.29, 1.82) is 0 Å². The van der Waals surface area contributed by atoms with Crippen molar-refractivity contribution in [3.63, 3.8) is 0 Å². The van der Waals surface area contributed by atoms with E-state index in [1.807, 2.05) is 12.1 Å². The molecule has 0 spiro atoms. The molecule has 0 radical (unpaired) electrons. The van der Waals surface area contributed by atoms with Crippen molar-refractivity contribution >= 4 is 45.2 Å². The minimum Gasteiger partial charge on any atom is -0.339 e. The number of hydrogen-bond donors (Lipinski definition) is 1. The van der Waals surface area contributed by atoms with Gasteiger partial charge in [0.05, 0.1) is 21.2 Å². The molecule has 1 fully saturated rings. The molecule has 0 atom stereocenters. The number of anilines is 1. The molecule has 0 saturated carbocycles. The first-order valence-corrected chi connectivity index (χ1v) is 13.3. The number of amides is 4. The molecule has 3 aromatic carbocycles. The van der Waals surface area contributed by atoms with Gasteiger partial charge in [-0.05, 0) is 76.7 Å². The van der Waals surface area contributed by atoms with Gasteiger partial charge < -0.3 is 10.2 Å². The Morgan fingerprint density at radius 1 is 0.897 bits per heavy atom. The van der Waals surface area contributed by atoms with E-state index in [2.05, 4.69) is 21.2 Å². The van der Waals surface area contributed by atoms with Gasteiger partial charge in [-0.25, -0.2) is 8.78 Å². The normalized spacial score (nSPS) is 15.5. The van der Waals surface area contributed by atoms with E-state index in [-0.39, 0.29) is 40.7 Å². The van der Waals surface area contributed by atoms with Gasteiger partial charge in [0.1, 0.15) is 0 Å². The number of piperidine rings is 1. The summed E-state index contributed by atoms with van der Waals surface area (Å²) in [6.07, 6.45) is 1.39. The number of benzene rings is 3. The third-order valence-corrected chi connectivity index (χ3v) is 7.93. The Hall–Kier alpha value is -3.92. The summed E-state index contributed by atoms with van der Waals surface area (Å²) in [7, 11) is 0. The highest BCUT2D eigenvalue weighted by molar-refractivity contribution is 9.10. The van der Waals surface area contributed by atoms with Crippen LogP contribution in [-0.4, -0.2) is 53.1 Å². The molecule has 0 aromatic heterocycles. The molecule has 7 nitrogen and oxygen atoms in total. The summed E-state index contributed by atoms with van der Waals surface area (Å²) in [5.41, 5.74) is 2.47. The number of likely N-dealkylation sites (tertiary alicyclic amines) is 1. The monoisotopic (exact) mass is 595 g/mol. The van der Waals surface area contributed by atoms with Crippen molar-refractivity contribution < 1.29 is 28.0 Å². The fourth-order valence-corrected chi connectivity index (χ4v) is 5.49. The highest BCUT2D eigenvalue weighted by atomic mass is 79.9. The summed E-state index contributed by atoms with van der Waals surface area (Å²) in [4.78, 5) is 53.0. The van der Waals surface area contributed by atoms with Crippen molar-refractivity contribution in [3.8, 4) is 0 Å². The third-order valence-electron chi connectivity index (χ3n) is 7.15. The average Bonchev–Trinajstić information content (AvgIpc) is 3.20. The minimum atomic E-state index is -1.08. The maximum absolute atomic E-state index is 13.9. The Balaban J connectivity index is 1.12. The number of hydrogen-bond acceptors (Lipinski definition) is 4. The largest absolute Gasteiger partial charge is 0.339 e. The first kappa shape index (κ1) is 26.7. The average molecular weight is 596 g/mol. The van der Waals surface area contributed by atoms with Crippen LogP contribution in [0.3, 0.4) is 0 Å². The molecule has 10 heteroatoms. The lowest BCUT2D eigenvalue weighted by atomic mass is 9.89. The second kappa shape index (κ2) is 11.1. The van der Waals surface area contributed by atoms with E-state index >= 15 is 0 Å². The topological polar surface area (TPSA) is 86.8 Å². The lowest BCUT2D eigenvalue weighted by Gasteiger charge is -2.32. The summed E-state index contributed by atoms with van der Waals surface area (Å²) in [6.45, 7) is 0.950. The fraction of sp³-hybridized carbons (Fsp3) is 0.241. The van der Waals surface area contributed by atoms with E-state index < -0.39 is 23.4 Å². The Labute approximate surface area is 231 Å². The van der Waals surface area contributed by atoms with Crippen molar-refractivity contribution in [2.45, 2.75) is 25.2 Å². The summed E-state index contributed by atoms with van der Waals surface area (Å²) in [5, 5.41) is 2.80. The number of rotatable bonds is 6. The molecule has 4 amide bonds. The van der Waals surface area contributed by atoms with Crippen LogP contribution >= 0.6 is 15.9 Å². The number of nitrogens with one attached hydrogen (secondary N) is 1. The number of fused-ring (bicyclic) bond motifs is 1. The van der Waals surface area contributed by atoms with Crippen molar-refractivity contribution in [3.05, 3.63) is 99.0 Å². The van der Waals surface area contributed by atoms with Gasteiger partial charge >= 0.3 is 0 Å². The first-order valence-electron chi connectivity index (χ1n) is 12.5. The zero-order valence-corrected chi connectivity index (χ0v) is 22.3. The predicted molar refractivity (Wildman–Crippen MR) is 143 cm³/mol. The molecule has 0 bridgehead atoms. The second-order valence-electron chi connectivity index (χ2n) is 9.52. The van der Waals surface area contributed by atoms with Gasteiger partial charge in [-0.3, -0.25) is 24.1 Å². The Kier molecular flexibility index (Phi) is 7.56. The van der Waals surface area contributed by atoms with Gasteiger partial charge in [-0.15, -0.1) is 0 Å². The Bertz CT molecular complexity index is 1430. The highest BCUT2D eigenvalue weighted by Gasteiger charge is 2.35. The molecule has 39 heavy (non-hydrogen) atoms. The van der Waals surface area contributed by atoms with Crippen molar-refractivity contribution in [1.82, 2.24) is 9.80 Å². The smallest absolute Gasteiger partial charge is 0.261 e. The molecule has 5 rings (SSSR count). The van der Waals surface area contributed by atoms with Crippen LogP contribution in [0.15, 0.2) is 65.1 Å². The molecule has 2 aliphatic heterocycles. The number of carbonyl (C=O) groups is 4. The van der Waals surface area contributed by atoms with Crippen LogP contribution in [0.5, 0.6) is 0 Å². The molecular formula is C29H24BrF2N3O4. The molecule has 2 heterocycles. The van der Waals surface area contributed by atoms with E-state index in [1.165, 1.54) is 6.07 Å². The summed E-state index contributed by atoms with van der Waals surface area (Å²) in [6, 6.07) is 16.3. The first-order chi connectivity index (χ1) is 18.7.